The summed E-state index contributed by atoms with van der Waals surface area (Å²) in [5.41, 5.74) is 31.7. The third-order valence-corrected chi connectivity index (χ3v) is 8.49. The average molecular weight is 720 g/mol. The number of aromatic hydroxyl groups is 2. The van der Waals surface area contributed by atoms with E-state index in [1.165, 1.54) is 12.1 Å². The van der Waals surface area contributed by atoms with E-state index in [0.717, 1.165) is 6.42 Å². The van der Waals surface area contributed by atoms with Crippen LogP contribution in [0.3, 0.4) is 0 Å². The van der Waals surface area contributed by atoms with Crippen LogP contribution in [0.1, 0.15) is 56.1 Å². The third-order valence-electron chi connectivity index (χ3n) is 8.49. The fourth-order valence-electron chi connectivity index (χ4n) is 5.60. The smallest absolute Gasteiger partial charge is 0.243 e. The number of nitrogens with one attached hydrogen (secondary N) is 4. The molecular formula is C34H54ClN9O6. The third kappa shape index (κ3) is 13.4. The molecule has 278 valence electrons. The Morgan fingerprint density at radius 3 is 2.04 bits per heavy atom. The monoisotopic (exact) mass is 719 g/mol. The topological polar surface area (TPSA) is 287 Å². The number of hydrogen-bond donors (Lipinski definition) is 11. The van der Waals surface area contributed by atoms with Crippen molar-refractivity contribution in [2.24, 2.45) is 28.7 Å². The quantitative estimate of drug-likeness (QED) is 0.100. The molecular weight excluding hydrogens is 666 g/mol. The molecule has 2 aromatic rings. The summed E-state index contributed by atoms with van der Waals surface area (Å²) in [6.07, 6.45) is 3.07. The van der Waals surface area contributed by atoms with E-state index in [1.54, 1.807) is 24.3 Å². The van der Waals surface area contributed by atoms with Crippen molar-refractivity contribution in [1.29, 1.82) is 0 Å². The minimum absolute atomic E-state index is 0. The van der Waals surface area contributed by atoms with E-state index >= 15 is 0 Å². The molecule has 16 heteroatoms. The standard InChI is InChI=1S/C34H53N9O6.ClH/c35-11-1-4-25(38)19-41-31(46)18-24(37)5-3-13-40-33(48)28-17-23-15-21(8-10-30(23)45)20-7-9-29(44)22(14-20)16-26(39)32(47)42-27(6-2-12-36)34(49)43-28;/h7-10,14-15,24-28,44-45H,1-6,11-13,16-19,35-39H2,(H,40,48)(H,41,46)(H,42,47)(H,43,49);1H/t24-,25-,26-,27-,28-;/m0./s1. The number of phenols is 2. The second-order valence-corrected chi connectivity index (χ2v) is 12.6. The van der Waals surface area contributed by atoms with Gasteiger partial charge in [0.2, 0.25) is 23.6 Å². The lowest BCUT2D eigenvalue weighted by atomic mass is 9.95. The van der Waals surface area contributed by atoms with Crippen LogP contribution in [-0.4, -0.2) is 90.2 Å². The number of carbonyl (C=O) groups excluding carboxylic acids is 4. The highest BCUT2D eigenvalue weighted by Gasteiger charge is 2.29. The van der Waals surface area contributed by atoms with Crippen molar-refractivity contribution in [3.8, 4) is 22.6 Å². The van der Waals surface area contributed by atoms with Crippen molar-refractivity contribution in [3.63, 3.8) is 0 Å². The molecule has 2 aromatic carbocycles. The summed E-state index contributed by atoms with van der Waals surface area (Å²) in [5, 5.41) is 32.3. The van der Waals surface area contributed by atoms with Crippen LogP contribution in [0.2, 0.25) is 0 Å². The molecule has 1 heterocycles. The Morgan fingerprint density at radius 1 is 0.820 bits per heavy atom. The van der Waals surface area contributed by atoms with Gasteiger partial charge in [-0.25, -0.2) is 0 Å². The van der Waals surface area contributed by atoms with Crippen molar-refractivity contribution in [2.45, 2.75) is 88.0 Å². The van der Waals surface area contributed by atoms with Crippen LogP contribution in [0, 0.1) is 0 Å². The summed E-state index contributed by atoms with van der Waals surface area (Å²) in [4.78, 5) is 52.5. The van der Waals surface area contributed by atoms with E-state index in [1.807, 2.05) is 0 Å². The second kappa shape index (κ2) is 21.3. The van der Waals surface area contributed by atoms with Gasteiger partial charge in [0.25, 0.3) is 0 Å². The lowest BCUT2D eigenvalue weighted by molar-refractivity contribution is -0.132. The van der Waals surface area contributed by atoms with Crippen molar-refractivity contribution in [1.82, 2.24) is 21.3 Å². The first-order chi connectivity index (χ1) is 23.4. The summed E-state index contributed by atoms with van der Waals surface area (Å²) < 4.78 is 0. The van der Waals surface area contributed by atoms with Gasteiger partial charge in [0.05, 0.1) is 6.04 Å². The van der Waals surface area contributed by atoms with Crippen LogP contribution in [0.5, 0.6) is 11.5 Å². The van der Waals surface area contributed by atoms with E-state index in [-0.39, 0.29) is 74.6 Å². The molecule has 0 saturated heterocycles. The lowest BCUT2D eigenvalue weighted by Crippen LogP contribution is -2.56. The zero-order valence-corrected chi connectivity index (χ0v) is 29.2. The summed E-state index contributed by atoms with van der Waals surface area (Å²) >= 11 is 0. The fourth-order valence-corrected chi connectivity index (χ4v) is 5.60. The molecule has 16 N–H and O–H groups in total. The maximum absolute atomic E-state index is 13.6. The van der Waals surface area contributed by atoms with Gasteiger partial charge in [0, 0.05) is 44.4 Å². The number of amides is 4. The SMILES string of the molecule is Cl.NCCC[C@H](N)CNC(=O)C[C@@H](N)CCCNC(=O)[C@@H]1Cc2cc(ccc2O)-c2ccc(O)c(c2)C[C@H](N)C(=O)N[C@@H](CCCN)C(=O)N1. The summed E-state index contributed by atoms with van der Waals surface area (Å²) in [7, 11) is 0. The molecule has 1 aliphatic rings. The van der Waals surface area contributed by atoms with Gasteiger partial charge < -0.3 is 60.1 Å². The molecule has 0 aromatic heterocycles. The molecule has 4 bridgehead atoms. The van der Waals surface area contributed by atoms with Crippen LogP contribution in [0.15, 0.2) is 36.4 Å². The van der Waals surface area contributed by atoms with Crippen molar-refractivity contribution >= 4 is 36.0 Å². The van der Waals surface area contributed by atoms with Crippen molar-refractivity contribution in [3.05, 3.63) is 47.5 Å². The molecule has 3 rings (SSSR count). The number of nitrogens with two attached hydrogens (primary N) is 5. The number of fused-ring (bicyclic) bond motifs is 5. The van der Waals surface area contributed by atoms with Crippen molar-refractivity contribution in [2.75, 3.05) is 26.2 Å². The number of benzene rings is 2. The van der Waals surface area contributed by atoms with Crippen LogP contribution in [0.4, 0.5) is 0 Å². The molecule has 15 nitrogen and oxygen atoms in total. The molecule has 0 saturated carbocycles. The highest BCUT2D eigenvalue weighted by molar-refractivity contribution is 5.93. The van der Waals surface area contributed by atoms with Crippen LogP contribution in [-0.2, 0) is 32.0 Å². The van der Waals surface area contributed by atoms with Gasteiger partial charge >= 0.3 is 0 Å². The Morgan fingerprint density at radius 2 is 1.42 bits per heavy atom. The largest absolute Gasteiger partial charge is 0.508 e. The van der Waals surface area contributed by atoms with Gasteiger partial charge in [-0.2, -0.15) is 0 Å². The lowest BCUT2D eigenvalue weighted by Gasteiger charge is -2.24. The van der Waals surface area contributed by atoms with Crippen molar-refractivity contribution < 1.29 is 29.4 Å². The Labute approximate surface area is 299 Å². The Kier molecular flexibility index (Phi) is 17.9. The molecule has 4 amide bonds. The summed E-state index contributed by atoms with van der Waals surface area (Å²) in [5.74, 6) is -2.03. The van der Waals surface area contributed by atoms with E-state index in [4.69, 9.17) is 28.7 Å². The maximum atomic E-state index is 13.6. The Bertz CT molecular complexity index is 1430. The van der Waals surface area contributed by atoms with Gasteiger partial charge in [-0.05, 0) is 98.1 Å². The first kappa shape index (κ1) is 42.2. The first-order valence-electron chi connectivity index (χ1n) is 16.9. The predicted octanol–water partition coefficient (Wildman–Crippen LogP) is -0.883. The van der Waals surface area contributed by atoms with Gasteiger partial charge in [-0.15, -0.1) is 12.4 Å². The molecule has 0 fully saturated rings. The number of halogens is 1. The first-order valence-corrected chi connectivity index (χ1v) is 16.9. The molecule has 1 aliphatic heterocycles. The zero-order chi connectivity index (χ0) is 35.9. The number of phenolic OH excluding ortho intramolecular Hbond substituents is 2. The summed E-state index contributed by atoms with van der Waals surface area (Å²) in [6.45, 7) is 1.36. The van der Waals surface area contributed by atoms with Gasteiger partial charge in [0.15, 0.2) is 0 Å². The highest BCUT2D eigenvalue weighted by Crippen LogP contribution is 2.31. The Hall–Kier alpha value is -3.99. The van der Waals surface area contributed by atoms with E-state index < -0.39 is 41.9 Å². The van der Waals surface area contributed by atoms with Gasteiger partial charge in [0.1, 0.15) is 23.6 Å². The van der Waals surface area contributed by atoms with Crippen LogP contribution in [0.25, 0.3) is 11.1 Å². The minimum Gasteiger partial charge on any atom is -0.508 e. The minimum atomic E-state index is -1.12. The molecule has 0 unspecified atom stereocenters. The predicted molar refractivity (Wildman–Crippen MR) is 194 cm³/mol. The van der Waals surface area contributed by atoms with E-state index in [9.17, 15) is 29.4 Å². The number of carbonyl (C=O) groups is 4. The fraction of sp³-hybridized carbons (Fsp3) is 0.529. The number of rotatable bonds is 15. The molecule has 5 atom stereocenters. The van der Waals surface area contributed by atoms with E-state index in [0.29, 0.717) is 61.0 Å². The highest BCUT2D eigenvalue weighted by atomic mass is 35.5. The zero-order valence-electron chi connectivity index (χ0n) is 28.4. The normalized spacial score (nSPS) is 19.0. The number of hydrogen-bond acceptors (Lipinski definition) is 11. The molecule has 0 radical (unpaired) electrons. The molecule has 0 spiro atoms. The summed E-state index contributed by atoms with van der Waals surface area (Å²) in [6, 6.07) is 5.96. The average Bonchev–Trinajstić information content (AvgIpc) is 3.07. The van der Waals surface area contributed by atoms with Crippen LogP contribution < -0.4 is 49.9 Å². The molecule has 0 aliphatic carbocycles. The van der Waals surface area contributed by atoms with Gasteiger partial charge in [-0.3, -0.25) is 19.2 Å². The van der Waals surface area contributed by atoms with Crippen LogP contribution >= 0.6 is 12.4 Å². The maximum Gasteiger partial charge on any atom is 0.243 e. The van der Waals surface area contributed by atoms with E-state index in [2.05, 4.69) is 21.3 Å². The molecule has 50 heavy (non-hydrogen) atoms. The second-order valence-electron chi connectivity index (χ2n) is 12.6. The Balaban J connectivity index is 0.00000867. The van der Waals surface area contributed by atoms with Gasteiger partial charge in [-0.1, -0.05) is 12.1 Å².